The monoisotopic (exact) mass is 280 g/mol. The molecule has 1 aromatic rings. The Morgan fingerprint density at radius 3 is 2.89 bits per heavy atom. The molecule has 0 aromatic carbocycles. The first-order chi connectivity index (χ1) is 8.38. The van der Waals surface area contributed by atoms with Crippen LogP contribution in [0.3, 0.4) is 0 Å². The van der Waals surface area contributed by atoms with Gasteiger partial charge in [-0.2, -0.15) is 13.2 Å². The van der Waals surface area contributed by atoms with Gasteiger partial charge in [-0.3, -0.25) is 4.79 Å². The Morgan fingerprint density at radius 1 is 1.61 bits per heavy atom. The first kappa shape index (κ1) is 13.4. The number of carbonyl (C=O) groups excluding carboxylic acids is 1. The van der Waals surface area contributed by atoms with E-state index in [2.05, 4.69) is 4.98 Å². The van der Waals surface area contributed by atoms with Crippen molar-refractivity contribution >= 4 is 17.1 Å². The zero-order valence-corrected chi connectivity index (χ0v) is 10.3. The molecule has 0 aliphatic carbocycles. The number of Topliss-reactive ketones (excluding diaryl/α,β-unsaturated/α-hetero) is 1. The Kier molecular flexibility index (Phi) is 3.69. The molecule has 0 spiro atoms. The molecule has 0 radical (unpaired) electrons. The molecule has 18 heavy (non-hydrogen) atoms. The minimum atomic E-state index is -4.51. The normalized spacial score (nSPS) is 22.1. The number of likely N-dealkylation sites (N-methyl/N-ethyl adjacent to an activating group) is 1. The second-order valence-electron chi connectivity index (χ2n) is 4.01. The minimum Gasteiger partial charge on any atom is -0.367 e. The zero-order chi connectivity index (χ0) is 13.3. The summed E-state index contributed by atoms with van der Waals surface area (Å²) in [5.74, 6) is -0.436. The molecule has 4 nitrogen and oxygen atoms in total. The van der Waals surface area contributed by atoms with Gasteiger partial charge >= 0.3 is 6.18 Å². The Balaban J connectivity index is 2.11. The summed E-state index contributed by atoms with van der Waals surface area (Å²) in [5, 5.41) is -1.00. The van der Waals surface area contributed by atoms with Gasteiger partial charge in [0.05, 0.1) is 11.5 Å². The minimum absolute atomic E-state index is 0.0115. The Bertz CT molecular complexity index is 447. The molecule has 0 bridgehead atoms. The fourth-order valence-electron chi connectivity index (χ4n) is 1.61. The molecule has 1 fully saturated rings. The van der Waals surface area contributed by atoms with E-state index in [1.54, 1.807) is 0 Å². The Morgan fingerprint density at radius 2 is 2.33 bits per heavy atom. The SMILES string of the molecule is CN1CCOC(C(=O)c2cnc(C(F)(F)F)s2)C1. The van der Waals surface area contributed by atoms with Gasteiger partial charge in [-0.25, -0.2) is 4.98 Å². The molecular weight excluding hydrogens is 269 g/mol. The second-order valence-corrected chi connectivity index (χ2v) is 5.04. The van der Waals surface area contributed by atoms with E-state index in [1.165, 1.54) is 0 Å². The van der Waals surface area contributed by atoms with Crippen molar-refractivity contribution in [3.8, 4) is 0 Å². The van der Waals surface area contributed by atoms with E-state index in [4.69, 9.17) is 4.74 Å². The summed E-state index contributed by atoms with van der Waals surface area (Å²) in [4.78, 5) is 17.1. The number of aromatic nitrogens is 1. The maximum Gasteiger partial charge on any atom is 0.443 e. The van der Waals surface area contributed by atoms with Gasteiger partial charge in [-0.05, 0) is 7.05 Å². The number of halogens is 3. The molecule has 1 aromatic heterocycles. The number of morpholine rings is 1. The fourth-order valence-corrected chi connectivity index (χ4v) is 2.38. The van der Waals surface area contributed by atoms with Crippen LogP contribution in [0.1, 0.15) is 14.7 Å². The molecule has 0 saturated carbocycles. The second kappa shape index (κ2) is 4.94. The third-order valence-electron chi connectivity index (χ3n) is 2.55. The number of rotatable bonds is 2. The lowest BCUT2D eigenvalue weighted by Gasteiger charge is -2.28. The van der Waals surface area contributed by atoms with Gasteiger partial charge in [0.15, 0.2) is 5.01 Å². The zero-order valence-electron chi connectivity index (χ0n) is 9.53. The average Bonchev–Trinajstić information content (AvgIpc) is 2.77. The van der Waals surface area contributed by atoms with Gasteiger partial charge < -0.3 is 9.64 Å². The van der Waals surface area contributed by atoms with Gasteiger partial charge in [0.2, 0.25) is 5.78 Å². The molecule has 1 aliphatic rings. The van der Waals surface area contributed by atoms with Gasteiger partial charge in [-0.1, -0.05) is 0 Å². The smallest absolute Gasteiger partial charge is 0.367 e. The number of nitrogens with zero attached hydrogens (tertiary/aromatic N) is 2. The van der Waals surface area contributed by atoms with Crippen LogP contribution >= 0.6 is 11.3 Å². The van der Waals surface area contributed by atoms with Crippen LogP contribution in [0.5, 0.6) is 0 Å². The van der Waals surface area contributed by atoms with Crippen LogP contribution < -0.4 is 0 Å². The lowest BCUT2D eigenvalue weighted by molar-refractivity contribution is -0.137. The molecule has 8 heteroatoms. The average molecular weight is 280 g/mol. The van der Waals surface area contributed by atoms with Gasteiger partial charge in [0, 0.05) is 19.3 Å². The molecule has 1 aliphatic heterocycles. The molecule has 1 unspecified atom stereocenters. The molecule has 1 saturated heterocycles. The van der Waals surface area contributed by atoms with Crippen LogP contribution in [0.15, 0.2) is 6.20 Å². The highest BCUT2D eigenvalue weighted by atomic mass is 32.1. The molecule has 100 valence electrons. The van der Waals surface area contributed by atoms with E-state index in [1.807, 2.05) is 11.9 Å². The molecule has 2 heterocycles. The Labute approximate surface area is 105 Å². The number of thiazole rings is 1. The van der Waals surface area contributed by atoms with E-state index in [-0.39, 0.29) is 4.88 Å². The van der Waals surface area contributed by atoms with Crippen molar-refractivity contribution in [2.45, 2.75) is 12.3 Å². The third-order valence-corrected chi connectivity index (χ3v) is 3.61. The van der Waals surface area contributed by atoms with E-state index >= 15 is 0 Å². The third kappa shape index (κ3) is 2.88. The summed E-state index contributed by atoms with van der Waals surface area (Å²) in [7, 11) is 1.83. The highest BCUT2D eigenvalue weighted by Crippen LogP contribution is 2.33. The highest BCUT2D eigenvalue weighted by Gasteiger charge is 2.36. The number of alkyl halides is 3. The van der Waals surface area contributed by atoms with E-state index in [9.17, 15) is 18.0 Å². The van der Waals surface area contributed by atoms with Crippen molar-refractivity contribution in [3.05, 3.63) is 16.1 Å². The van der Waals surface area contributed by atoms with Crippen LogP contribution in [0.4, 0.5) is 13.2 Å². The summed E-state index contributed by atoms with van der Waals surface area (Å²) >= 11 is 0.359. The number of ether oxygens (including phenoxy) is 1. The van der Waals surface area contributed by atoms with Crippen molar-refractivity contribution in [2.24, 2.45) is 0 Å². The van der Waals surface area contributed by atoms with E-state index in [0.717, 1.165) is 6.20 Å². The topological polar surface area (TPSA) is 42.4 Å². The van der Waals surface area contributed by atoms with Gasteiger partial charge in [-0.15, -0.1) is 11.3 Å². The number of hydrogen-bond acceptors (Lipinski definition) is 5. The first-order valence-electron chi connectivity index (χ1n) is 5.25. The van der Waals surface area contributed by atoms with Gasteiger partial charge in [0.25, 0.3) is 0 Å². The predicted octanol–water partition coefficient (Wildman–Crippen LogP) is 1.68. The lowest BCUT2D eigenvalue weighted by atomic mass is 10.2. The van der Waals surface area contributed by atoms with Crippen LogP contribution in [0.25, 0.3) is 0 Å². The van der Waals surface area contributed by atoms with Crippen molar-refractivity contribution < 1.29 is 22.7 Å². The maximum atomic E-state index is 12.4. The molecular formula is C10H11F3N2O2S. The van der Waals surface area contributed by atoms with Crippen molar-refractivity contribution in [2.75, 3.05) is 26.7 Å². The first-order valence-corrected chi connectivity index (χ1v) is 6.07. The maximum absolute atomic E-state index is 12.4. The number of carbonyl (C=O) groups is 1. The van der Waals surface area contributed by atoms with Crippen molar-refractivity contribution in [1.82, 2.24) is 9.88 Å². The summed E-state index contributed by atoms with van der Waals surface area (Å²) in [6, 6.07) is 0. The van der Waals surface area contributed by atoms with Crippen molar-refractivity contribution in [1.29, 1.82) is 0 Å². The molecule has 0 amide bonds. The lowest BCUT2D eigenvalue weighted by Crippen LogP contribution is -2.43. The quantitative estimate of drug-likeness (QED) is 0.773. The molecule has 2 rings (SSSR count). The Hall–Kier alpha value is -0.990. The van der Waals surface area contributed by atoms with Crippen LogP contribution in [-0.2, 0) is 10.9 Å². The summed E-state index contributed by atoms with van der Waals surface area (Å²) in [6.07, 6.45) is -4.24. The van der Waals surface area contributed by atoms with E-state index in [0.29, 0.717) is 31.0 Å². The number of ketones is 1. The standard InChI is InChI=1S/C10H11F3N2O2S/c1-15-2-3-17-6(5-15)8(16)7-4-14-9(18-7)10(11,12)13/h4,6H,2-3,5H2,1H3. The highest BCUT2D eigenvalue weighted by molar-refractivity contribution is 7.13. The summed E-state index contributed by atoms with van der Waals surface area (Å²) < 4.78 is 42.4. The number of hydrogen-bond donors (Lipinski definition) is 0. The fraction of sp³-hybridized carbons (Fsp3) is 0.600. The van der Waals surface area contributed by atoms with Crippen molar-refractivity contribution in [3.63, 3.8) is 0 Å². The van der Waals surface area contributed by atoms with Crippen LogP contribution in [0.2, 0.25) is 0 Å². The summed E-state index contributed by atoms with van der Waals surface area (Å²) in [5.41, 5.74) is 0. The predicted molar refractivity (Wildman–Crippen MR) is 58.7 cm³/mol. The molecule has 1 atom stereocenters. The largest absolute Gasteiger partial charge is 0.443 e. The van der Waals surface area contributed by atoms with Crippen LogP contribution in [0, 0.1) is 0 Å². The summed E-state index contributed by atoms with van der Waals surface area (Å²) in [6.45, 7) is 1.50. The van der Waals surface area contributed by atoms with Crippen LogP contribution in [-0.4, -0.2) is 48.5 Å². The van der Waals surface area contributed by atoms with E-state index < -0.39 is 23.1 Å². The molecule has 0 N–H and O–H groups in total. The van der Waals surface area contributed by atoms with Gasteiger partial charge in [0.1, 0.15) is 6.10 Å².